The van der Waals surface area contributed by atoms with Gasteiger partial charge in [-0.1, -0.05) is 38.8 Å². The molecule has 1 aliphatic heterocycles. The van der Waals surface area contributed by atoms with E-state index in [0.717, 1.165) is 13.1 Å². The molecule has 0 saturated carbocycles. The molecule has 2 nitrogen and oxygen atoms in total. The van der Waals surface area contributed by atoms with Crippen molar-refractivity contribution in [2.75, 3.05) is 25.0 Å². The first-order valence-electron chi connectivity index (χ1n) is 7.91. The fourth-order valence-electron chi connectivity index (χ4n) is 2.73. The lowest BCUT2D eigenvalue weighted by atomic mass is 10.1. The van der Waals surface area contributed by atoms with Crippen LogP contribution in [0.15, 0.2) is 18.2 Å². The Labute approximate surface area is 118 Å². The van der Waals surface area contributed by atoms with Crippen LogP contribution in [0, 0.1) is 0 Å². The summed E-state index contributed by atoms with van der Waals surface area (Å²) in [5.74, 6) is 0. The number of nitrogens with zero attached hydrogens (tertiary/aromatic N) is 1. The van der Waals surface area contributed by atoms with Gasteiger partial charge in [-0.2, -0.15) is 0 Å². The number of rotatable bonds is 8. The van der Waals surface area contributed by atoms with Crippen LogP contribution in [-0.2, 0) is 13.0 Å². The summed E-state index contributed by atoms with van der Waals surface area (Å²) in [7, 11) is 0. The maximum atomic E-state index is 3.48. The number of nitrogens with one attached hydrogen (secondary N) is 1. The summed E-state index contributed by atoms with van der Waals surface area (Å²) >= 11 is 0. The standard InChI is InChI=1S/C17H28N2/c1-3-5-11-19(12-6-4-2)14-15-7-8-16-9-10-18-17(16)13-15/h7-8,13,18H,3-6,9-12,14H2,1-2H3. The molecule has 106 valence electrons. The molecule has 1 N–H and O–H groups in total. The maximum absolute atomic E-state index is 3.48. The highest BCUT2D eigenvalue weighted by atomic mass is 15.1. The molecule has 0 aromatic heterocycles. The Balaban J connectivity index is 1.95. The van der Waals surface area contributed by atoms with Crippen LogP contribution in [0.4, 0.5) is 5.69 Å². The quantitative estimate of drug-likeness (QED) is 0.758. The smallest absolute Gasteiger partial charge is 0.0376 e. The molecular formula is C17H28N2. The molecule has 19 heavy (non-hydrogen) atoms. The number of hydrogen-bond donors (Lipinski definition) is 1. The summed E-state index contributed by atoms with van der Waals surface area (Å²) in [6.45, 7) is 9.24. The second kappa shape index (κ2) is 7.54. The average Bonchev–Trinajstić information content (AvgIpc) is 2.89. The monoisotopic (exact) mass is 260 g/mol. The highest BCUT2D eigenvalue weighted by molar-refractivity contribution is 5.56. The Morgan fingerprint density at radius 3 is 2.53 bits per heavy atom. The number of hydrogen-bond acceptors (Lipinski definition) is 2. The minimum Gasteiger partial charge on any atom is -0.384 e. The first kappa shape index (κ1) is 14.4. The van der Waals surface area contributed by atoms with Crippen LogP contribution < -0.4 is 5.32 Å². The van der Waals surface area contributed by atoms with Gasteiger partial charge in [0.1, 0.15) is 0 Å². The van der Waals surface area contributed by atoms with Crippen LogP contribution in [-0.4, -0.2) is 24.5 Å². The van der Waals surface area contributed by atoms with Gasteiger partial charge in [-0.15, -0.1) is 0 Å². The second-order valence-corrected chi connectivity index (χ2v) is 5.65. The fourth-order valence-corrected chi connectivity index (χ4v) is 2.73. The van der Waals surface area contributed by atoms with Crippen LogP contribution >= 0.6 is 0 Å². The van der Waals surface area contributed by atoms with Crippen LogP contribution in [0.1, 0.15) is 50.7 Å². The largest absolute Gasteiger partial charge is 0.384 e. The Bertz CT molecular complexity index is 379. The van der Waals surface area contributed by atoms with Gasteiger partial charge in [0.25, 0.3) is 0 Å². The van der Waals surface area contributed by atoms with Gasteiger partial charge >= 0.3 is 0 Å². The van der Waals surface area contributed by atoms with E-state index in [1.165, 1.54) is 62.0 Å². The van der Waals surface area contributed by atoms with Crippen molar-refractivity contribution in [3.63, 3.8) is 0 Å². The SMILES string of the molecule is CCCCN(CCCC)Cc1ccc2c(c1)NCC2. The van der Waals surface area contributed by atoms with Gasteiger partial charge in [0, 0.05) is 18.8 Å². The lowest BCUT2D eigenvalue weighted by Crippen LogP contribution is -2.25. The van der Waals surface area contributed by atoms with E-state index in [9.17, 15) is 0 Å². The maximum Gasteiger partial charge on any atom is 0.0376 e. The van der Waals surface area contributed by atoms with Crippen LogP contribution in [0.25, 0.3) is 0 Å². The Morgan fingerprint density at radius 1 is 1.11 bits per heavy atom. The van der Waals surface area contributed by atoms with Crippen molar-refractivity contribution in [3.8, 4) is 0 Å². The Kier molecular flexibility index (Phi) is 5.71. The molecule has 0 fully saturated rings. The average molecular weight is 260 g/mol. The van der Waals surface area contributed by atoms with Gasteiger partial charge in [-0.05, 0) is 49.5 Å². The molecular weight excluding hydrogens is 232 g/mol. The predicted molar refractivity (Wildman–Crippen MR) is 83.7 cm³/mol. The van der Waals surface area contributed by atoms with E-state index >= 15 is 0 Å². The number of anilines is 1. The highest BCUT2D eigenvalue weighted by Crippen LogP contribution is 2.24. The third-order valence-electron chi connectivity index (χ3n) is 3.95. The summed E-state index contributed by atoms with van der Waals surface area (Å²) in [5.41, 5.74) is 4.31. The van der Waals surface area contributed by atoms with Crippen molar-refractivity contribution in [1.29, 1.82) is 0 Å². The summed E-state index contributed by atoms with van der Waals surface area (Å²) in [5, 5.41) is 3.48. The molecule has 0 bridgehead atoms. The van der Waals surface area contributed by atoms with E-state index < -0.39 is 0 Å². The summed E-state index contributed by atoms with van der Waals surface area (Å²) in [6, 6.07) is 6.98. The molecule has 0 atom stereocenters. The lowest BCUT2D eigenvalue weighted by Gasteiger charge is -2.22. The molecule has 2 rings (SSSR count). The molecule has 0 unspecified atom stereocenters. The van der Waals surface area contributed by atoms with Gasteiger partial charge in [0.05, 0.1) is 0 Å². The normalized spacial score (nSPS) is 13.6. The molecule has 0 saturated heterocycles. The van der Waals surface area contributed by atoms with Gasteiger partial charge in [-0.3, -0.25) is 4.90 Å². The van der Waals surface area contributed by atoms with E-state index in [-0.39, 0.29) is 0 Å². The topological polar surface area (TPSA) is 15.3 Å². The molecule has 0 spiro atoms. The number of fused-ring (bicyclic) bond motifs is 1. The lowest BCUT2D eigenvalue weighted by molar-refractivity contribution is 0.257. The van der Waals surface area contributed by atoms with Gasteiger partial charge < -0.3 is 5.32 Å². The van der Waals surface area contributed by atoms with E-state index in [0.29, 0.717) is 0 Å². The van der Waals surface area contributed by atoms with Gasteiger partial charge in [-0.25, -0.2) is 0 Å². The van der Waals surface area contributed by atoms with Crippen molar-refractivity contribution >= 4 is 5.69 Å². The zero-order valence-corrected chi connectivity index (χ0v) is 12.5. The van der Waals surface area contributed by atoms with Crippen molar-refractivity contribution in [1.82, 2.24) is 4.90 Å². The molecule has 1 aromatic rings. The van der Waals surface area contributed by atoms with Gasteiger partial charge in [0.2, 0.25) is 0 Å². The van der Waals surface area contributed by atoms with Gasteiger partial charge in [0.15, 0.2) is 0 Å². The number of benzene rings is 1. The molecule has 0 aliphatic carbocycles. The molecule has 0 radical (unpaired) electrons. The Morgan fingerprint density at radius 2 is 1.84 bits per heavy atom. The molecule has 1 aromatic carbocycles. The molecule has 1 aliphatic rings. The first-order valence-corrected chi connectivity index (χ1v) is 7.91. The van der Waals surface area contributed by atoms with E-state index in [1.54, 1.807) is 0 Å². The van der Waals surface area contributed by atoms with E-state index in [2.05, 4.69) is 42.3 Å². The summed E-state index contributed by atoms with van der Waals surface area (Å²) < 4.78 is 0. The van der Waals surface area contributed by atoms with Crippen molar-refractivity contribution < 1.29 is 0 Å². The summed E-state index contributed by atoms with van der Waals surface area (Å²) in [6.07, 6.45) is 6.38. The second-order valence-electron chi connectivity index (χ2n) is 5.65. The van der Waals surface area contributed by atoms with E-state index in [1.807, 2.05) is 0 Å². The van der Waals surface area contributed by atoms with Crippen molar-refractivity contribution in [3.05, 3.63) is 29.3 Å². The Hall–Kier alpha value is -1.02. The third-order valence-corrected chi connectivity index (χ3v) is 3.95. The minimum absolute atomic E-state index is 1.11. The van der Waals surface area contributed by atoms with Crippen LogP contribution in [0.5, 0.6) is 0 Å². The fraction of sp³-hybridized carbons (Fsp3) is 0.647. The van der Waals surface area contributed by atoms with E-state index in [4.69, 9.17) is 0 Å². The minimum atomic E-state index is 1.11. The van der Waals surface area contributed by atoms with Crippen LogP contribution in [0.3, 0.4) is 0 Å². The van der Waals surface area contributed by atoms with Crippen molar-refractivity contribution in [2.24, 2.45) is 0 Å². The predicted octanol–water partition coefficient (Wildman–Crippen LogP) is 4.06. The zero-order chi connectivity index (χ0) is 13.5. The molecule has 2 heteroatoms. The van der Waals surface area contributed by atoms with Crippen molar-refractivity contribution in [2.45, 2.75) is 52.5 Å². The third kappa shape index (κ3) is 4.24. The highest BCUT2D eigenvalue weighted by Gasteiger charge is 2.11. The number of unbranched alkanes of at least 4 members (excludes halogenated alkanes) is 2. The zero-order valence-electron chi connectivity index (χ0n) is 12.5. The first-order chi connectivity index (χ1) is 9.33. The molecule has 0 amide bonds. The molecule has 1 heterocycles. The van der Waals surface area contributed by atoms with Crippen LogP contribution in [0.2, 0.25) is 0 Å². The summed E-state index contributed by atoms with van der Waals surface area (Å²) in [4.78, 5) is 2.61.